The molecule has 1 aromatic carbocycles. The predicted molar refractivity (Wildman–Crippen MR) is 111 cm³/mol. The minimum absolute atomic E-state index is 0.161. The maximum Gasteiger partial charge on any atom is 0.253 e. The molecule has 1 heterocycles. The highest BCUT2D eigenvalue weighted by Crippen LogP contribution is 2.42. The number of likely N-dealkylation sites (tertiary alicyclic amines) is 1. The summed E-state index contributed by atoms with van der Waals surface area (Å²) < 4.78 is 0. The average Bonchev–Trinajstić information content (AvgIpc) is 2.70. The molecule has 0 atom stereocenters. The van der Waals surface area contributed by atoms with Gasteiger partial charge in [0.1, 0.15) is 0 Å². The van der Waals surface area contributed by atoms with Crippen LogP contribution in [0.5, 0.6) is 0 Å². The Morgan fingerprint density at radius 2 is 1.93 bits per heavy atom. The van der Waals surface area contributed by atoms with Gasteiger partial charge in [0.15, 0.2) is 5.96 Å². The number of hydrogen-bond donors (Lipinski definition) is 2. The number of nitrogens with one attached hydrogen (secondary N) is 2. The van der Waals surface area contributed by atoms with Crippen LogP contribution in [-0.2, 0) is 6.54 Å². The Kier molecular flexibility index (Phi) is 6.75. The van der Waals surface area contributed by atoms with Gasteiger partial charge in [-0.3, -0.25) is 9.79 Å². The van der Waals surface area contributed by atoms with E-state index in [2.05, 4.69) is 28.6 Å². The Morgan fingerprint density at radius 3 is 2.56 bits per heavy atom. The van der Waals surface area contributed by atoms with Crippen LogP contribution in [0.1, 0.15) is 67.8 Å². The molecule has 27 heavy (non-hydrogen) atoms. The summed E-state index contributed by atoms with van der Waals surface area (Å²) >= 11 is 0. The van der Waals surface area contributed by atoms with Gasteiger partial charge in [0.2, 0.25) is 0 Å². The van der Waals surface area contributed by atoms with Crippen LogP contribution < -0.4 is 10.6 Å². The molecule has 5 heteroatoms. The first-order chi connectivity index (χ1) is 13.2. The van der Waals surface area contributed by atoms with Crippen molar-refractivity contribution in [2.45, 2.75) is 58.4 Å². The summed E-state index contributed by atoms with van der Waals surface area (Å²) in [5.41, 5.74) is 2.35. The Hall–Kier alpha value is -2.04. The van der Waals surface area contributed by atoms with Crippen LogP contribution >= 0.6 is 0 Å². The maximum atomic E-state index is 12.7. The lowest BCUT2D eigenvalue weighted by atomic mass is 9.67. The fourth-order valence-electron chi connectivity index (χ4n) is 4.10. The third-order valence-electron chi connectivity index (χ3n) is 6.30. The highest BCUT2D eigenvalue weighted by Gasteiger charge is 2.34. The zero-order valence-corrected chi connectivity index (χ0v) is 16.9. The number of carbonyl (C=O) groups excluding carboxylic acids is 1. The number of aliphatic imine (C=N–C) groups is 1. The molecule has 148 valence electrons. The van der Waals surface area contributed by atoms with Crippen molar-refractivity contribution in [1.29, 1.82) is 0 Å². The fourth-order valence-corrected chi connectivity index (χ4v) is 4.10. The van der Waals surface area contributed by atoms with E-state index in [1.807, 2.05) is 30.1 Å². The molecule has 0 spiro atoms. The fraction of sp³-hybridized carbons (Fsp3) is 0.636. The van der Waals surface area contributed by atoms with Gasteiger partial charge in [-0.15, -0.1) is 0 Å². The minimum Gasteiger partial charge on any atom is -0.356 e. The summed E-state index contributed by atoms with van der Waals surface area (Å²) in [5, 5.41) is 6.88. The van der Waals surface area contributed by atoms with Crippen molar-refractivity contribution in [1.82, 2.24) is 15.5 Å². The largest absolute Gasteiger partial charge is 0.356 e. The second kappa shape index (κ2) is 9.25. The van der Waals surface area contributed by atoms with Crippen LogP contribution in [0.3, 0.4) is 0 Å². The zero-order valence-electron chi connectivity index (χ0n) is 16.9. The van der Waals surface area contributed by atoms with Crippen molar-refractivity contribution in [3.8, 4) is 0 Å². The standard InChI is InChI=1S/C22H34N4O/c1-3-22(11-8-12-22)17-25-21(23-2)24-16-18-9-7-10-19(15-18)20(27)26-13-5-4-6-14-26/h7,9-10,15H,3-6,8,11-14,16-17H2,1-2H3,(H2,23,24,25). The summed E-state index contributed by atoms with van der Waals surface area (Å²) in [7, 11) is 1.81. The Morgan fingerprint density at radius 1 is 1.15 bits per heavy atom. The summed E-state index contributed by atoms with van der Waals surface area (Å²) in [6.45, 7) is 5.70. The van der Waals surface area contributed by atoms with Gasteiger partial charge in [0, 0.05) is 38.8 Å². The summed E-state index contributed by atoms with van der Waals surface area (Å²) in [5.74, 6) is 0.997. The number of amides is 1. The van der Waals surface area contributed by atoms with Gasteiger partial charge in [0.05, 0.1) is 0 Å². The van der Waals surface area contributed by atoms with E-state index in [-0.39, 0.29) is 5.91 Å². The highest BCUT2D eigenvalue weighted by atomic mass is 16.2. The van der Waals surface area contributed by atoms with E-state index >= 15 is 0 Å². The van der Waals surface area contributed by atoms with Crippen molar-refractivity contribution < 1.29 is 4.79 Å². The topological polar surface area (TPSA) is 56.7 Å². The molecule has 1 aromatic rings. The second-order valence-corrected chi connectivity index (χ2v) is 8.04. The Balaban J connectivity index is 1.53. The lowest BCUT2D eigenvalue weighted by Gasteiger charge is -2.41. The van der Waals surface area contributed by atoms with E-state index < -0.39 is 0 Å². The van der Waals surface area contributed by atoms with Crippen LogP contribution in [0, 0.1) is 5.41 Å². The molecule has 3 rings (SSSR count). The smallest absolute Gasteiger partial charge is 0.253 e. The van der Waals surface area contributed by atoms with Crippen LogP contribution in [0.2, 0.25) is 0 Å². The molecule has 5 nitrogen and oxygen atoms in total. The third kappa shape index (κ3) is 5.02. The molecule has 2 N–H and O–H groups in total. The van der Waals surface area contributed by atoms with E-state index in [9.17, 15) is 4.79 Å². The molecular formula is C22H34N4O. The van der Waals surface area contributed by atoms with Gasteiger partial charge in [-0.05, 0) is 61.6 Å². The normalized spacial score (nSPS) is 19.3. The zero-order chi connectivity index (χ0) is 19.1. The maximum absolute atomic E-state index is 12.7. The second-order valence-electron chi connectivity index (χ2n) is 8.04. The molecule has 2 aliphatic rings. The average molecular weight is 371 g/mol. The van der Waals surface area contributed by atoms with Crippen molar-refractivity contribution in [2.75, 3.05) is 26.7 Å². The van der Waals surface area contributed by atoms with Crippen molar-refractivity contribution >= 4 is 11.9 Å². The molecule has 0 aromatic heterocycles. The van der Waals surface area contributed by atoms with Crippen molar-refractivity contribution in [2.24, 2.45) is 10.4 Å². The highest BCUT2D eigenvalue weighted by molar-refractivity contribution is 5.94. The first kappa shape index (κ1) is 19.7. The number of benzene rings is 1. The first-order valence-electron chi connectivity index (χ1n) is 10.5. The van der Waals surface area contributed by atoms with Gasteiger partial charge in [-0.1, -0.05) is 25.5 Å². The number of piperidine rings is 1. The van der Waals surface area contributed by atoms with E-state index in [1.54, 1.807) is 0 Å². The SMILES string of the molecule is CCC1(CNC(=NC)NCc2cccc(C(=O)N3CCCCC3)c2)CCC1. The van der Waals surface area contributed by atoms with E-state index in [4.69, 9.17) is 0 Å². The molecule has 1 aliphatic carbocycles. The monoisotopic (exact) mass is 370 g/mol. The molecule has 1 saturated carbocycles. The van der Waals surface area contributed by atoms with Crippen molar-refractivity contribution in [3.05, 3.63) is 35.4 Å². The van der Waals surface area contributed by atoms with E-state index in [1.165, 1.54) is 32.1 Å². The van der Waals surface area contributed by atoms with Crippen LogP contribution in [0.25, 0.3) is 0 Å². The van der Waals surface area contributed by atoms with Crippen LogP contribution in [-0.4, -0.2) is 43.4 Å². The molecule has 1 amide bonds. The third-order valence-corrected chi connectivity index (χ3v) is 6.30. The molecule has 2 fully saturated rings. The van der Waals surface area contributed by atoms with E-state index in [0.717, 1.165) is 49.6 Å². The predicted octanol–water partition coefficient (Wildman–Crippen LogP) is 3.56. The van der Waals surface area contributed by atoms with Gasteiger partial charge < -0.3 is 15.5 Å². The molecule has 0 bridgehead atoms. The minimum atomic E-state index is 0.161. The summed E-state index contributed by atoms with van der Waals surface area (Å²) in [6, 6.07) is 7.98. The molecule has 1 saturated heterocycles. The Bertz CT molecular complexity index is 655. The summed E-state index contributed by atoms with van der Waals surface area (Å²) in [4.78, 5) is 19.0. The van der Waals surface area contributed by atoms with Gasteiger partial charge >= 0.3 is 0 Å². The molecule has 0 radical (unpaired) electrons. The number of hydrogen-bond acceptors (Lipinski definition) is 2. The van der Waals surface area contributed by atoms with Crippen LogP contribution in [0.15, 0.2) is 29.3 Å². The molecule has 1 aliphatic heterocycles. The van der Waals surface area contributed by atoms with Gasteiger partial charge in [0.25, 0.3) is 5.91 Å². The summed E-state index contributed by atoms with van der Waals surface area (Å²) in [6.07, 6.45) is 8.67. The molecule has 0 unspecified atom stereocenters. The first-order valence-corrected chi connectivity index (χ1v) is 10.5. The quantitative estimate of drug-likeness (QED) is 0.595. The van der Waals surface area contributed by atoms with Crippen LogP contribution in [0.4, 0.5) is 0 Å². The number of guanidine groups is 1. The van der Waals surface area contributed by atoms with Crippen molar-refractivity contribution in [3.63, 3.8) is 0 Å². The Labute approximate surface area is 163 Å². The van der Waals surface area contributed by atoms with Gasteiger partial charge in [-0.2, -0.15) is 0 Å². The molecular weight excluding hydrogens is 336 g/mol. The number of nitrogens with zero attached hydrogens (tertiary/aromatic N) is 2. The number of carbonyl (C=O) groups is 1. The number of rotatable bonds is 6. The van der Waals surface area contributed by atoms with Gasteiger partial charge in [-0.25, -0.2) is 0 Å². The lowest BCUT2D eigenvalue weighted by Crippen LogP contribution is -2.46. The van der Waals surface area contributed by atoms with E-state index in [0.29, 0.717) is 12.0 Å². The lowest BCUT2D eigenvalue weighted by molar-refractivity contribution is 0.0724.